The number of benzene rings is 1. The molecule has 40 heavy (non-hydrogen) atoms. The van der Waals surface area contributed by atoms with Crippen molar-refractivity contribution in [3.05, 3.63) is 57.8 Å². The zero-order valence-electron chi connectivity index (χ0n) is 23.2. The summed E-state index contributed by atoms with van der Waals surface area (Å²) in [5.74, 6) is 1.44. The van der Waals surface area contributed by atoms with Gasteiger partial charge < -0.3 is 19.9 Å². The molecule has 6 N–H and O–H groups in total. The summed E-state index contributed by atoms with van der Waals surface area (Å²) in [5.41, 5.74) is 4.73. The van der Waals surface area contributed by atoms with Crippen molar-refractivity contribution < 1.29 is 20.1 Å². The Labute approximate surface area is 232 Å². The zero-order valence-corrected chi connectivity index (χ0v) is 23.2. The number of nitrogens with zero attached hydrogens (tertiary/aromatic N) is 4. The maximum absolute atomic E-state index is 12.9. The fourth-order valence-electron chi connectivity index (χ4n) is 4.96. The van der Waals surface area contributed by atoms with Gasteiger partial charge in [0.2, 0.25) is 11.7 Å². The standard InChI is InChI=1S/C28H36N8O4/c1-4-6-21(29)23-24(30-3)27(38)34-25(33-23)20-14-18(7-8-22(20)40-5-2)13-17-9-11-36(12-10-17)28-31-15-19(16-32-28)26(37)35-39/h7-8,14-17,29-30,39H,4-6,9-13H2,1-3H3,(H,35,37)(H,33,34,38)/p+1. The maximum atomic E-state index is 12.9. The molecule has 3 heterocycles. The Morgan fingerprint density at radius 2 is 1.95 bits per heavy atom. The minimum Gasteiger partial charge on any atom is -0.493 e. The number of piperidine rings is 1. The van der Waals surface area contributed by atoms with Gasteiger partial charge in [0.05, 0.1) is 17.7 Å². The number of carbonyl (C=O) groups is 1. The molecular weight excluding hydrogens is 512 g/mol. The Morgan fingerprint density at radius 1 is 1.23 bits per heavy atom. The van der Waals surface area contributed by atoms with Crippen molar-refractivity contribution in [3.63, 3.8) is 0 Å². The normalized spacial score (nSPS) is 13.7. The number of aromatic nitrogens is 4. The Hall–Kier alpha value is -4.32. The number of hydroxylamine groups is 1. The fraction of sp³-hybridized carbons (Fsp3) is 0.429. The summed E-state index contributed by atoms with van der Waals surface area (Å²) in [7, 11) is 1.68. The van der Waals surface area contributed by atoms with Gasteiger partial charge in [0, 0.05) is 39.0 Å². The molecule has 0 spiro atoms. The number of ether oxygens (including phenoxy) is 1. The number of hydrogen-bond donors (Lipinski definition) is 5. The van der Waals surface area contributed by atoms with Crippen LogP contribution < -0.4 is 31.4 Å². The van der Waals surface area contributed by atoms with Crippen molar-refractivity contribution in [1.29, 1.82) is 0 Å². The highest BCUT2D eigenvalue weighted by Crippen LogP contribution is 2.32. The van der Waals surface area contributed by atoms with Gasteiger partial charge in [-0.25, -0.2) is 20.4 Å². The first-order chi connectivity index (χ1) is 19.4. The number of hydrogen-bond acceptors (Lipinski definition) is 9. The van der Waals surface area contributed by atoms with Gasteiger partial charge in [-0.3, -0.25) is 20.2 Å². The lowest BCUT2D eigenvalue weighted by atomic mass is 9.89. The van der Waals surface area contributed by atoms with Gasteiger partial charge in [-0.15, -0.1) is 0 Å². The highest BCUT2D eigenvalue weighted by molar-refractivity contribution is 5.99. The van der Waals surface area contributed by atoms with Crippen LogP contribution in [-0.2, 0) is 6.42 Å². The molecule has 1 saturated heterocycles. The Morgan fingerprint density at radius 3 is 2.58 bits per heavy atom. The average Bonchev–Trinajstić information content (AvgIpc) is 2.98. The van der Waals surface area contributed by atoms with E-state index in [0.717, 1.165) is 49.9 Å². The molecule has 0 radical (unpaired) electrons. The van der Waals surface area contributed by atoms with Gasteiger partial charge in [-0.05, 0) is 56.2 Å². The fourth-order valence-corrected chi connectivity index (χ4v) is 4.96. The Balaban J connectivity index is 1.52. The monoisotopic (exact) mass is 549 g/mol. The van der Waals surface area contributed by atoms with E-state index in [1.54, 1.807) is 12.5 Å². The molecule has 212 valence electrons. The third-order valence-corrected chi connectivity index (χ3v) is 7.02. The van der Waals surface area contributed by atoms with E-state index in [1.165, 1.54) is 12.4 Å². The molecule has 1 aliphatic heterocycles. The van der Waals surface area contributed by atoms with Gasteiger partial charge in [-0.2, -0.15) is 0 Å². The van der Waals surface area contributed by atoms with Crippen molar-refractivity contribution in [2.75, 3.05) is 37.0 Å². The van der Waals surface area contributed by atoms with Gasteiger partial charge >= 0.3 is 0 Å². The topological polar surface area (TPSA) is 171 Å². The number of nitrogens with one attached hydrogen (secondary N) is 3. The van der Waals surface area contributed by atoms with E-state index in [9.17, 15) is 9.59 Å². The number of H-pyrrole nitrogens is 1. The molecule has 3 aromatic rings. The van der Waals surface area contributed by atoms with Crippen molar-refractivity contribution in [3.8, 4) is 17.1 Å². The smallest absolute Gasteiger partial charge is 0.277 e. The van der Waals surface area contributed by atoms with Crippen LogP contribution in [0.4, 0.5) is 11.6 Å². The summed E-state index contributed by atoms with van der Waals surface area (Å²) in [6.07, 6.45) is 7.04. The molecule has 12 nitrogen and oxygen atoms in total. The van der Waals surface area contributed by atoms with Crippen molar-refractivity contribution in [2.24, 2.45) is 5.92 Å². The molecule has 1 aliphatic rings. The molecule has 0 bridgehead atoms. The second-order valence-corrected chi connectivity index (χ2v) is 9.77. The maximum Gasteiger partial charge on any atom is 0.277 e. The summed E-state index contributed by atoms with van der Waals surface area (Å²) in [5, 5.41) is 18.0. The second kappa shape index (κ2) is 13.2. The van der Waals surface area contributed by atoms with Crippen LogP contribution in [0.25, 0.3) is 11.4 Å². The van der Waals surface area contributed by atoms with Crippen LogP contribution in [0.2, 0.25) is 0 Å². The SMILES string of the molecule is CCCC(=[NH2+])c1nc(-c2cc(CC3CCN(c4ncc(C(=O)NO)cn4)CC3)ccc2OCC)[nH]c(=O)c1NC. The lowest BCUT2D eigenvalue weighted by Gasteiger charge is -2.32. The van der Waals surface area contributed by atoms with Gasteiger partial charge in [-0.1, -0.05) is 13.0 Å². The third kappa shape index (κ3) is 6.45. The van der Waals surface area contributed by atoms with E-state index >= 15 is 0 Å². The first-order valence-corrected chi connectivity index (χ1v) is 13.6. The first-order valence-electron chi connectivity index (χ1n) is 13.6. The number of rotatable bonds is 11. The highest BCUT2D eigenvalue weighted by atomic mass is 16.5. The van der Waals surface area contributed by atoms with Crippen LogP contribution >= 0.6 is 0 Å². The van der Waals surface area contributed by atoms with Gasteiger partial charge in [0.25, 0.3) is 11.5 Å². The lowest BCUT2D eigenvalue weighted by molar-refractivity contribution is -0.115. The third-order valence-electron chi connectivity index (χ3n) is 7.02. The molecule has 1 fully saturated rings. The quantitative estimate of drug-likeness (QED) is 0.135. The van der Waals surface area contributed by atoms with Crippen LogP contribution in [0.15, 0.2) is 35.4 Å². The van der Waals surface area contributed by atoms with Gasteiger partial charge in [0.15, 0.2) is 5.69 Å². The lowest BCUT2D eigenvalue weighted by Crippen LogP contribution is -2.42. The van der Waals surface area contributed by atoms with E-state index in [-0.39, 0.29) is 11.1 Å². The molecule has 0 aliphatic carbocycles. The molecular formula is C28H37N8O4+. The van der Waals surface area contributed by atoms with Crippen molar-refractivity contribution in [2.45, 2.75) is 46.0 Å². The molecule has 4 rings (SSSR count). The summed E-state index contributed by atoms with van der Waals surface area (Å²) in [6, 6.07) is 6.04. The first kappa shape index (κ1) is 28.7. The summed E-state index contributed by atoms with van der Waals surface area (Å²) in [6.45, 7) is 6.01. The summed E-state index contributed by atoms with van der Waals surface area (Å²) >= 11 is 0. The molecule has 0 unspecified atom stereocenters. The summed E-state index contributed by atoms with van der Waals surface area (Å²) < 4.78 is 5.90. The van der Waals surface area contributed by atoms with E-state index in [2.05, 4.69) is 31.2 Å². The van der Waals surface area contributed by atoms with E-state index < -0.39 is 5.91 Å². The number of carbonyl (C=O) groups excluding carboxylic acids is 1. The van der Waals surface area contributed by atoms with Crippen LogP contribution in [0.5, 0.6) is 5.75 Å². The molecule has 0 atom stereocenters. The average molecular weight is 550 g/mol. The zero-order chi connectivity index (χ0) is 28.6. The van der Waals surface area contributed by atoms with Crippen LogP contribution in [0.1, 0.15) is 61.1 Å². The van der Waals surface area contributed by atoms with Crippen LogP contribution in [-0.4, -0.2) is 63.5 Å². The van der Waals surface area contributed by atoms with E-state index in [4.69, 9.17) is 20.3 Å². The largest absolute Gasteiger partial charge is 0.493 e. The molecule has 0 saturated carbocycles. The highest BCUT2D eigenvalue weighted by Gasteiger charge is 2.24. The molecule has 2 aromatic heterocycles. The Kier molecular flexibility index (Phi) is 9.43. The van der Waals surface area contributed by atoms with E-state index in [1.807, 2.05) is 26.0 Å². The minimum absolute atomic E-state index is 0.196. The number of aromatic amines is 1. The number of nitrogens with two attached hydrogens (primary N) is 1. The van der Waals surface area contributed by atoms with Crippen molar-refractivity contribution in [1.82, 2.24) is 25.4 Å². The predicted octanol–water partition coefficient (Wildman–Crippen LogP) is 1.59. The van der Waals surface area contributed by atoms with Crippen molar-refractivity contribution >= 4 is 23.3 Å². The van der Waals surface area contributed by atoms with Crippen LogP contribution in [0, 0.1) is 5.92 Å². The Bertz CT molecular complexity index is 1400. The van der Waals surface area contributed by atoms with Gasteiger partial charge in [0.1, 0.15) is 17.3 Å². The molecule has 1 amide bonds. The number of anilines is 2. The number of amides is 1. The molecule has 1 aromatic carbocycles. The van der Waals surface area contributed by atoms with Crippen LogP contribution in [0.3, 0.4) is 0 Å². The summed E-state index contributed by atoms with van der Waals surface area (Å²) in [4.78, 5) is 42.8. The minimum atomic E-state index is -0.643. The second-order valence-electron chi connectivity index (χ2n) is 9.77. The predicted molar refractivity (Wildman–Crippen MR) is 152 cm³/mol. The van der Waals surface area contributed by atoms with E-state index in [0.29, 0.717) is 53.6 Å². The molecule has 12 heteroatoms.